The monoisotopic (exact) mass is 795 g/mol. The summed E-state index contributed by atoms with van der Waals surface area (Å²) >= 11 is 0. The minimum Gasteiger partial charge on any atom is -0.506 e. The van der Waals surface area contributed by atoms with E-state index in [-0.39, 0.29) is 46.1 Å². The maximum atomic E-state index is 14.9. The van der Waals surface area contributed by atoms with Gasteiger partial charge in [0.05, 0.1) is 34.2 Å². The maximum Gasteiger partial charge on any atom is 0.277 e. The van der Waals surface area contributed by atoms with Crippen molar-refractivity contribution in [1.82, 2.24) is 5.01 Å². The summed E-state index contributed by atoms with van der Waals surface area (Å²) in [4.78, 5) is 45.8. The Bertz CT molecular complexity index is 1740. The average molecular weight is 795 g/mol. The smallest absolute Gasteiger partial charge is 0.277 e. The van der Waals surface area contributed by atoms with Crippen LogP contribution in [0.4, 0.5) is 11.4 Å². The van der Waals surface area contributed by atoms with Crippen LogP contribution in [0.25, 0.3) is 5.57 Å². The van der Waals surface area contributed by atoms with Crippen LogP contribution < -0.4 is 10.2 Å². The van der Waals surface area contributed by atoms with Crippen molar-refractivity contribution in [2.45, 2.75) is 182 Å². The number of anilines is 2. The van der Waals surface area contributed by atoms with Gasteiger partial charge in [-0.05, 0) is 86.8 Å². The van der Waals surface area contributed by atoms with Gasteiger partial charge in [-0.1, -0.05) is 131 Å². The van der Waals surface area contributed by atoms with Crippen molar-refractivity contribution < 1.29 is 19.5 Å². The summed E-state index contributed by atoms with van der Waals surface area (Å²) in [5.41, 5.74) is 2.00. The van der Waals surface area contributed by atoms with Crippen LogP contribution in [0.1, 0.15) is 182 Å². The third-order valence-corrected chi connectivity index (χ3v) is 15.3. The summed E-state index contributed by atoms with van der Waals surface area (Å²) < 4.78 is 0. The summed E-state index contributed by atoms with van der Waals surface area (Å²) in [6.07, 6.45) is 25.1. The highest BCUT2D eigenvalue weighted by atomic mass is 16.3. The number of allylic oxidation sites excluding steroid dienone is 2. The number of ketones is 1. The molecule has 8 heteroatoms. The fourth-order valence-electron chi connectivity index (χ4n) is 11.1. The molecule has 7 rings (SSSR count). The number of benzene rings is 1. The van der Waals surface area contributed by atoms with Gasteiger partial charge in [0.25, 0.3) is 5.91 Å². The predicted octanol–water partition coefficient (Wildman–Crippen LogP) is 12.0. The molecule has 1 heterocycles. The molecule has 58 heavy (non-hydrogen) atoms. The number of Topliss-reactive ketones (excluding diaryl/α,β-unsaturated/α-hetero) is 1. The van der Waals surface area contributed by atoms with E-state index < -0.39 is 10.8 Å². The number of aliphatic hydroxyl groups excluding tert-OH is 1. The summed E-state index contributed by atoms with van der Waals surface area (Å²) in [7, 11) is 0. The summed E-state index contributed by atoms with van der Waals surface area (Å²) in [5, 5.41) is 22.2. The molecule has 5 aliphatic carbocycles. The lowest BCUT2D eigenvalue weighted by molar-refractivity contribution is -0.131. The molecule has 2 N–H and O–H groups in total. The van der Waals surface area contributed by atoms with Gasteiger partial charge in [0.15, 0.2) is 0 Å². The third kappa shape index (κ3) is 9.01. The zero-order valence-corrected chi connectivity index (χ0v) is 36.9. The number of carbonyl (C=O) groups is 3. The Hall–Kier alpha value is -3.42. The van der Waals surface area contributed by atoms with E-state index in [1.165, 1.54) is 89.9 Å². The number of nitrogens with zero attached hydrogens (tertiary/aromatic N) is 3. The molecule has 4 saturated carbocycles. The van der Waals surface area contributed by atoms with Crippen molar-refractivity contribution in [3.8, 4) is 0 Å². The fourth-order valence-corrected chi connectivity index (χ4v) is 11.1. The Morgan fingerprint density at radius 3 is 1.78 bits per heavy atom. The van der Waals surface area contributed by atoms with Gasteiger partial charge in [-0.2, -0.15) is 5.10 Å². The molecule has 2 amide bonds. The highest BCUT2D eigenvalue weighted by Gasteiger charge is 2.50. The first-order valence-corrected chi connectivity index (χ1v) is 23.6. The molecule has 0 bridgehead atoms. The van der Waals surface area contributed by atoms with Gasteiger partial charge in [-0.15, -0.1) is 0 Å². The quantitative estimate of drug-likeness (QED) is 0.183. The van der Waals surface area contributed by atoms with Crippen molar-refractivity contribution in [2.75, 3.05) is 23.3 Å². The standard InChI is InChI=1S/C50H74N4O4/c1-7-50(5,6)48(58)51-39-32-37(53(30-28-33-18-14-15-19-33)31-29-34-20-16-17-21-34)26-27-38(39)40-44(55)41(45(40)56)42-46(49(2,3)4)52-54(47(42)57)43(35-22-10-8-11-23-35)36-24-12-9-13-25-36/h26-27,32-36,43,55H,7-25,28-31H2,1-6H3,(H,51,58)/b42-41+. The number of hydrogen-bond acceptors (Lipinski definition) is 6. The van der Waals surface area contributed by atoms with Crippen LogP contribution in [0, 0.1) is 34.5 Å². The van der Waals surface area contributed by atoms with E-state index in [1.807, 2.05) is 53.7 Å². The topological polar surface area (TPSA) is 102 Å². The third-order valence-electron chi connectivity index (χ3n) is 15.3. The summed E-state index contributed by atoms with van der Waals surface area (Å²) in [6.45, 7) is 13.9. The summed E-state index contributed by atoms with van der Waals surface area (Å²) in [5.74, 6) is 1.40. The SMILES string of the molecule is CCC(C)(C)C(=O)Nc1cc(N(CCC2CCCC2)CCC2CCCC2)ccc1C1=C(O)/C(=C2\C(=O)N(C(C3CCCCC3)C3CCCCC3)N=C2C(C)(C)C)C1=O. The van der Waals surface area contributed by atoms with Gasteiger partial charge in [0, 0.05) is 35.2 Å². The Morgan fingerprint density at radius 1 is 0.776 bits per heavy atom. The van der Waals surface area contributed by atoms with Gasteiger partial charge in [0.1, 0.15) is 5.76 Å². The van der Waals surface area contributed by atoms with Gasteiger partial charge in [-0.25, -0.2) is 5.01 Å². The second-order valence-electron chi connectivity index (χ2n) is 20.7. The number of hydrazone groups is 1. The molecule has 0 aromatic heterocycles. The van der Waals surface area contributed by atoms with E-state index in [9.17, 15) is 19.5 Å². The number of aliphatic hydroxyl groups is 1. The van der Waals surface area contributed by atoms with Crippen molar-refractivity contribution in [1.29, 1.82) is 0 Å². The molecule has 8 nitrogen and oxygen atoms in total. The molecular weight excluding hydrogens is 721 g/mol. The van der Waals surface area contributed by atoms with Crippen LogP contribution in [0.2, 0.25) is 0 Å². The fraction of sp³-hybridized carbons (Fsp3) is 0.720. The Labute approximate surface area is 349 Å². The van der Waals surface area contributed by atoms with E-state index in [1.54, 1.807) is 5.01 Å². The number of amides is 2. The zero-order chi connectivity index (χ0) is 41.2. The Morgan fingerprint density at radius 2 is 1.29 bits per heavy atom. The Balaban J connectivity index is 1.26. The van der Waals surface area contributed by atoms with Crippen LogP contribution in [-0.4, -0.2) is 52.6 Å². The number of rotatable bonds is 14. The van der Waals surface area contributed by atoms with Crippen molar-refractivity contribution in [3.63, 3.8) is 0 Å². The van der Waals surface area contributed by atoms with E-state index in [2.05, 4.69) is 16.3 Å². The van der Waals surface area contributed by atoms with E-state index in [0.717, 1.165) is 69.1 Å². The number of carbonyl (C=O) groups excluding carboxylic acids is 3. The molecule has 0 spiro atoms. The zero-order valence-electron chi connectivity index (χ0n) is 36.9. The average Bonchev–Trinajstić information content (AvgIpc) is 4.00. The molecule has 318 valence electrons. The van der Waals surface area contributed by atoms with Crippen molar-refractivity contribution >= 4 is 40.3 Å². The van der Waals surface area contributed by atoms with Crippen LogP contribution in [0.3, 0.4) is 0 Å². The van der Waals surface area contributed by atoms with Gasteiger partial charge < -0.3 is 15.3 Å². The second kappa shape index (κ2) is 18.1. The normalized spacial score (nSPS) is 23.4. The molecule has 0 atom stereocenters. The highest BCUT2D eigenvalue weighted by Crippen LogP contribution is 2.47. The van der Waals surface area contributed by atoms with Crippen LogP contribution >= 0.6 is 0 Å². The van der Waals surface area contributed by atoms with Crippen molar-refractivity contribution in [3.05, 3.63) is 40.7 Å². The van der Waals surface area contributed by atoms with Gasteiger partial charge >= 0.3 is 0 Å². The molecular formula is C50H74N4O4. The van der Waals surface area contributed by atoms with Gasteiger partial charge in [0.2, 0.25) is 11.7 Å². The molecule has 1 aromatic carbocycles. The molecule has 1 aromatic rings. The van der Waals surface area contributed by atoms with Crippen LogP contribution in [0.15, 0.2) is 40.2 Å². The predicted molar refractivity (Wildman–Crippen MR) is 237 cm³/mol. The van der Waals surface area contributed by atoms with E-state index in [0.29, 0.717) is 35.2 Å². The first-order valence-electron chi connectivity index (χ1n) is 23.6. The second-order valence-corrected chi connectivity index (χ2v) is 20.7. The Kier molecular flexibility index (Phi) is 13.3. The molecule has 6 aliphatic rings. The summed E-state index contributed by atoms with van der Waals surface area (Å²) in [6, 6.07) is 6.02. The van der Waals surface area contributed by atoms with E-state index >= 15 is 0 Å². The first-order chi connectivity index (χ1) is 27.8. The van der Waals surface area contributed by atoms with E-state index in [4.69, 9.17) is 5.10 Å². The minimum absolute atomic E-state index is 0.00545. The highest BCUT2D eigenvalue weighted by molar-refractivity contribution is 6.45. The first kappa shape index (κ1) is 42.7. The molecule has 0 saturated heterocycles. The van der Waals surface area contributed by atoms with Crippen molar-refractivity contribution in [2.24, 2.45) is 39.6 Å². The van der Waals surface area contributed by atoms with Gasteiger partial charge in [-0.3, -0.25) is 14.4 Å². The minimum atomic E-state index is -0.629. The number of hydrogen-bond donors (Lipinski definition) is 2. The van der Waals surface area contributed by atoms with Crippen LogP contribution in [0.5, 0.6) is 0 Å². The van der Waals surface area contributed by atoms with Crippen LogP contribution in [-0.2, 0) is 14.4 Å². The molecule has 0 radical (unpaired) electrons. The lowest BCUT2D eigenvalue weighted by Gasteiger charge is -2.41. The molecule has 4 fully saturated rings. The maximum absolute atomic E-state index is 14.9. The molecule has 0 unspecified atom stereocenters. The molecule has 1 aliphatic heterocycles. The number of nitrogens with one attached hydrogen (secondary N) is 1. The lowest BCUT2D eigenvalue weighted by Crippen LogP contribution is -2.46. The lowest BCUT2D eigenvalue weighted by atomic mass is 9.73. The largest absolute Gasteiger partial charge is 0.506 e.